The molecule has 86 heavy (non-hydrogen) atoms. The maximum absolute atomic E-state index is 16.3. The van der Waals surface area contributed by atoms with Gasteiger partial charge in [-0.1, -0.05) is 165 Å². The first-order valence-electron chi connectivity index (χ1n) is 29.9. The van der Waals surface area contributed by atoms with Crippen LogP contribution in [0, 0.1) is 23.7 Å². The molecule has 428 valence electrons. The molecule has 0 atom stereocenters. The number of fused-ring (bicyclic) bond motifs is 2. The van der Waals surface area contributed by atoms with E-state index < -0.39 is 23.6 Å². The van der Waals surface area contributed by atoms with Crippen molar-refractivity contribution in [2.75, 3.05) is 9.80 Å². The third-order valence-corrected chi connectivity index (χ3v) is 16.1. The summed E-state index contributed by atoms with van der Waals surface area (Å²) in [4.78, 5) is 67.8. The third kappa shape index (κ3) is 9.72. The maximum atomic E-state index is 16.3. The third-order valence-electron chi connectivity index (χ3n) is 16.1. The number of imide groups is 2. The zero-order valence-electron chi connectivity index (χ0n) is 49.6. The van der Waals surface area contributed by atoms with Crippen LogP contribution in [0.25, 0.3) is 43.1 Å². The van der Waals surface area contributed by atoms with E-state index in [-0.39, 0.29) is 68.9 Å². The molecule has 0 bridgehead atoms. The fourth-order valence-corrected chi connectivity index (χ4v) is 13.0. The standard InChI is InChI=1S/C76H66N2O8/c1-43(2)35-47-23-21-24-48(36-44(3)4)71(47)77-73(79)55-39-59(83-51-27-13-9-14-28-51)65-67-61(85-53-31-17-11-18-32-53)41-57-64-58(76(82)78(75(57)81)72-49(37-45(5)6)25-22-26-50(72)38-46(7)8)42-62(86-54-33-19-12-20-34-54)68(70(64)67)66-60(84-52-29-15-10-16-30-52)40-56(74(77)80)63(55)69(65)66/h9-34,39-46H,35-38H2,1-8H3. The van der Waals surface area contributed by atoms with E-state index in [2.05, 4.69) is 55.4 Å². The minimum Gasteiger partial charge on any atom is -0.457 e. The largest absolute Gasteiger partial charge is 0.457 e. The Labute approximate surface area is 500 Å². The molecule has 0 radical (unpaired) electrons. The molecule has 0 spiro atoms. The lowest BCUT2D eigenvalue weighted by molar-refractivity contribution is 0.0877. The van der Waals surface area contributed by atoms with Crippen LogP contribution in [-0.2, 0) is 25.7 Å². The molecule has 2 aliphatic rings. The predicted octanol–water partition coefficient (Wildman–Crippen LogP) is 19.3. The Morgan fingerprint density at radius 2 is 0.500 bits per heavy atom. The zero-order valence-corrected chi connectivity index (χ0v) is 49.6. The number of anilines is 2. The fraction of sp³-hybridized carbons (Fsp3) is 0.211. The van der Waals surface area contributed by atoms with E-state index in [0.717, 1.165) is 22.3 Å². The number of rotatable bonds is 18. The number of hydrogen-bond donors (Lipinski definition) is 0. The van der Waals surface area contributed by atoms with Crippen LogP contribution in [-0.4, -0.2) is 23.6 Å². The smallest absolute Gasteiger partial charge is 0.266 e. The molecule has 11 aromatic carbocycles. The summed E-state index contributed by atoms with van der Waals surface area (Å²) in [5, 5.41) is 3.48. The van der Waals surface area contributed by atoms with Crippen molar-refractivity contribution in [1.29, 1.82) is 0 Å². The van der Waals surface area contributed by atoms with Gasteiger partial charge in [-0.05, 0) is 144 Å². The van der Waals surface area contributed by atoms with E-state index in [4.69, 9.17) is 18.9 Å². The number of carbonyl (C=O) groups excluding carboxylic acids is 4. The van der Waals surface area contributed by atoms with Gasteiger partial charge in [-0.15, -0.1) is 0 Å². The Kier molecular flexibility index (Phi) is 14.4. The highest BCUT2D eigenvalue weighted by Gasteiger charge is 2.44. The van der Waals surface area contributed by atoms with Crippen molar-refractivity contribution in [2.24, 2.45) is 23.7 Å². The number of amides is 4. The van der Waals surface area contributed by atoms with E-state index >= 15 is 19.2 Å². The van der Waals surface area contributed by atoms with Gasteiger partial charge in [0.2, 0.25) is 0 Å². The van der Waals surface area contributed by atoms with E-state index in [0.29, 0.717) is 103 Å². The second-order valence-corrected chi connectivity index (χ2v) is 24.5. The Morgan fingerprint density at radius 3 is 0.709 bits per heavy atom. The second-order valence-electron chi connectivity index (χ2n) is 24.5. The molecule has 0 saturated heterocycles. The van der Waals surface area contributed by atoms with Crippen molar-refractivity contribution >= 4 is 78.1 Å². The maximum Gasteiger partial charge on any atom is 0.266 e. The Bertz CT molecular complexity index is 3940. The van der Waals surface area contributed by atoms with Gasteiger partial charge >= 0.3 is 0 Å². The first kappa shape index (κ1) is 55.4. The lowest BCUT2D eigenvalue weighted by Gasteiger charge is -2.34. The van der Waals surface area contributed by atoms with E-state index in [1.54, 1.807) is 24.3 Å². The highest BCUT2D eigenvalue weighted by molar-refractivity contribution is 6.48. The van der Waals surface area contributed by atoms with Crippen LogP contribution < -0.4 is 28.7 Å². The SMILES string of the molecule is CC(C)Cc1cccc(CC(C)C)c1N1C(=O)c2cc(Oc3ccccc3)c3c4c(Oc5ccccc5)cc5c6c(cc(Oc7ccccc7)c(c7c(Oc8ccccc8)cc(c2c37)C1=O)c64)C(=O)N(c1c(CC(C)C)cccc1CC(C)C)C5=O. The fourth-order valence-electron chi connectivity index (χ4n) is 13.0. The van der Waals surface area contributed by atoms with Gasteiger partial charge in [0.25, 0.3) is 23.6 Å². The quantitative estimate of drug-likeness (QED) is 0.0474. The van der Waals surface area contributed by atoms with Gasteiger partial charge in [-0.2, -0.15) is 0 Å². The molecule has 2 aliphatic heterocycles. The van der Waals surface area contributed by atoms with E-state index in [1.807, 2.05) is 158 Å². The number of para-hydroxylation sites is 6. The molecule has 10 nitrogen and oxygen atoms in total. The Morgan fingerprint density at radius 1 is 0.279 bits per heavy atom. The number of benzene rings is 11. The topological polar surface area (TPSA) is 112 Å². The van der Waals surface area contributed by atoms with Crippen molar-refractivity contribution in [2.45, 2.75) is 81.1 Å². The normalized spacial score (nSPS) is 13.3. The highest BCUT2D eigenvalue weighted by atomic mass is 16.5. The summed E-state index contributed by atoms with van der Waals surface area (Å²) in [6, 6.07) is 56.5. The summed E-state index contributed by atoms with van der Waals surface area (Å²) in [5.74, 6) is 1.66. The van der Waals surface area contributed by atoms with Crippen molar-refractivity contribution in [3.63, 3.8) is 0 Å². The molecule has 13 rings (SSSR count). The van der Waals surface area contributed by atoms with Gasteiger partial charge in [-0.3, -0.25) is 19.2 Å². The number of nitrogens with zero attached hydrogens (tertiary/aromatic N) is 2. The Hall–Kier alpha value is -9.80. The van der Waals surface area contributed by atoms with Crippen molar-refractivity contribution in [1.82, 2.24) is 0 Å². The predicted molar refractivity (Wildman–Crippen MR) is 343 cm³/mol. The summed E-state index contributed by atoms with van der Waals surface area (Å²) >= 11 is 0. The van der Waals surface area contributed by atoms with Crippen LogP contribution in [0.2, 0.25) is 0 Å². The van der Waals surface area contributed by atoms with Gasteiger partial charge in [0.05, 0.1) is 33.6 Å². The molecule has 4 amide bonds. The summed E-state index contributed by atoms with van der Waals surface area (Å²) < 4.78 is 28.8. The van der Waals surface area contributed by atoms with Crippen LogP contribution in [0.4, 0.5) is 11.4 Å². The van der Waals surface area contributed by atoms with E-state index in [1.165, 1.54) is 9.80 Å². The second kappa shape index (κ2) is 22.3. The minimum atomic E-state index is -0.515. The van der Waals surface area contributed by atoms with E-state index in [9.17, 15) is 0 Å². The lowest BCUT2D eigenvalue weighted by atomic mass is 9.80. The zero-order chi connectivity index (χ0) is 59.7. The van der Waals surface area contributed by atoms with Gasteiger partial charge in [0.1, 0.15) is 46.0 Å². The minimum absolute atomic E-state index is 0.203. The van der Waals surface area contributed by atoms with Crippen LogP contribution in [0.1, 0.15) is 119 Å². The average molecular weight is 1140 g/mol. The summed E-state index contributed by atoms with van der Waals surface area (Å²) in [5.41, 5.74) is 5.62. The number of carbonyl (C=O) groups is 4. The van der Waals surface area contributed by atoms with Crippen LogP contribution in [0.5, 0.6) is 46.0 Å². The monoisotopic (exact) mass is 1130 g/mol. The first-order chi connectivity index (χ1) is 41.6. The van der Waals surface area contributed by atoms with Crippen molar-refractivity contribution in [3.8, 4) is 46.0 Å². The van der Waals surface area contributed by atoms with Gasteiger partial charge in [-0.25, -0.2) is 9.80 Å². The number of hydrogen-bond acceptors (Lipinski definition) is 8. The van der Waals surface area contributed by atoms with Gasteiger partial charge < -0.3 is 18.9 Å². The van der Waals surface area contributed by atoms with Crippen molar-refractivity contribution < 1.29 is 38.1 Å². The molecule has 11 aromatic rings. The van der Waals surface area contributed by atoms with Gasteiger partial charge in [0, 0.05) is 43.1 Å². The van der Waals surface area contributed by atoms with Crippen molar-refractivity contribution in [3.05, 3.63) is 226 Å². The summed E-state index contributed by atoms with van der Waals surface area (Å²) in [6.07, 6.45) is 2.48. The molecular weight excluding hydrogens is 1070 g/mol. The molecule has 0 aromatic heterocycles. The highest BCUT2D eigenvalue weighted by Crippen LogP contribution is 2.58. The number of ether oxygens (including phenoxy) is 4. The van der Waals surface area contributed by atoms with Crippen LogP contribution in [0.15, 0.2) is 182 Å². The molecule has 0 aliphatic carbocycles. The molecular formula is C76H66N2O8. The Balaban J connectivity index is 1.23. The summed E-state index contributed by atoms with van der Waals surface area (Å²) in [6.45, 7) is 17.1. The molecule has 10 heteroatoms. The lowest BCUT2D eigenvalue weighted by Crippen LogP contribution is -2.42. The molecule has 2 heterocycles. The van der Waals surface area contributed by atoms with Gasteiger partial charge in [0.15, 0.2) is 0 Å². The average Bonchev–Trinajstić information content (AvgIpc) is 0.681. The molecule has 0 fully saturated rings. The molecule has 0 unspecified atom stereocenters. The molecule has 0 saturated carbocycles. The first-order valence-corrected chi connectivity index (χ1v) is 29.9. The molecule has 0 N–H and O–H groups in total. The summed E-state index contributed by atoms with van der Waals surface area (Å²) in [7, 11) is 0. The van der Waals surface area contributed by atoms with Crippen LogP contribution >= 0.6 is 0 Å². The van der Waals surface area contributed by atoms with Crippen LogP contribution in [0.3, 0.4) is 0 Å².